The molecule has 3 rings (SSSR count). The first-order chi connectivity index (χ1) is 16.2. The van der Waals surface area contributed by atoms with E-state index in [2.05, 4.69) is 25.6 Å². The molecule has 0 saturated carbocycles. The van der Waals surface area contributed by atoms with Crippen molar-refractivity contribution < 1.29 is 22.8 Å². The van der Waals surface area contributed by atoms with E-state index >= 15 is 0 Å². The fraction of sp³-hybridized carbons (Fsp3) is 0.478. The van der Waals surface area contributed by atoms with Crippen LogP contribution in [-0.2, 0) is 37.2 Å². The van der Waals surface area contributed by atoms with Crippen molar-refractivity contribution >= 4 is 27.6 Å². The SMILES string of the molecule is CC(C)C(NS(=O)(=O)c1ccccc1)C(=O)NC1CCc2cn[nH]c2CCCCNC(=O)C1=O. The molecular formula is C23H31N5O5S. The number of hydrogen-bond donors (Lipinski definition) is 4. The summed E-state index contributed by atoms with van der Waals surface area (Å²) in [6, 6.07) is 5.50. The van der Waals surface area contributed by atoms with E-state index in [1.54, 1.807) is 38.2 Å². The van der Waals surface area contributed by atoms with Crippen molar-refractivity contribution in [3.63, 3.8) is 0 Å². The maximum absolute atomic E-state index is 13.1. The molecule has 0 spiro atoms. The third kappa shape index (κ3) is 6.51. The number of carbonyl (C=O) groups is 3. The molecular weight excluding hydrogens is 458 g/mol. The molecule has 0 fully saturated rings. The average molecular weight is 490 g/mol. The normalized spacial score (nSPS) is 18.9. The Morgan fingerprint density at radius 2 is 1.85 bits per heavy atom. The van der Waals surface area contributed by atoms with E-state index in [9.17, 15) is 22.8 Å². The second-order valence-electron chi connectivity index (χ2n) is 8.71. The summed E-state index contributed by atoms with van der Waals surface area (Å²) in [6.07, 6.45) is 4.60. The number of Topliss-reactive ketones (excluding diaryl/α,β-unsaturated/α-hetero) is 1. The molecule has 0 bridgehead atoms. The molecule has 34 heavy (non-hydrogen) atoms. The van der Waals surface area contributed by atoms with Gasteiger partial charge in [0.25, 0.3) is 5.91 Å². The molecule has 2 unspecified atom stereocenters. The van der Waals surface area contributed by atoms with Gasteiger partial charge in [0.2, 0.25) is 21.7 Å². The summed E-state index contributed by atoms with van der Waals surface area (Å²) in [4.78, 5) is 38.4. The van der Waals surface area contributed by atoms with Crippen LogP contribution < -0.4 is 15.4 Å². The standard InChI is InChI=1S/C23H31N5O5S/c1-15(2)20(28-34(32,33)17-8-4-3-5-9-17)22(30)26-19-12-11-16-14-25-27-18(16)10-6-7-13-24-23(31)21(19)29/h3-5,8-9,14-15,19-20,28H,6-7,10-13H2,1-2H3,(H,24,31)(H,25,27)(H,26,30). The van der Waals surface area contributed by atoms with Crippen LogP contribution in [0, 0.1) is 5.92 Å². The molecule has 1 aromatic heterocycles. The Morgan fingerprint density at radius 3 is 2.56 bits per heavy atom. The number of nitrogens with one attached hydrogen (secondary N) is 4. The zero-order valence-electron chi connectivity index (χ0n) is 19.3. The molecule has 1 aliphatic heterocycles. The minimum atomic E-state index is -3.97. The summed E-state index contributed by atoms with van der Waals surface area (Å²) in [5.74, 6) is -2.59. The number of aryl methyl sites for hydroxylation is 2. The number of sulfonamides is 1. The van der Waals surface area contributed by atoms with Gasteiger partial charge in [-0.15, -0.1) is 0 Å². The molecule has 2 heterocycles. The molecule has 0 radical (unpaired) electrons. The van der Waals surface area contributed by atoms with Gasteiger partial charge in [-0.1, -0.05) is 32.0 Å². The second-order valence-corrected chi connectivity index (χ2v) is 10.4. The van der Waals surface area contributed by atoms with Gasteiger partial charge in [0.1, 0.15) is 6.04 Å². The van der Waals surface area contributed by atoms with E-state index in [1.165, 1.54) is 12.1 Å². The number of rotatable bonds is 6. The first-order valence-corrected chi connectivity index (χ1v) is 12.9. The van der Waals surface area contributed by atoms with Gasteiger partial charge in [0, 0.05) is 12.2 Å². The lowest BCUT2D eigenvalue weighted by molar-refractivity contribution is -0.140. The number of aromatic amines is 1. The molecule has 11 heteroatoms. The highest BCUT2D eigenvalue weighted by Gasteiger charge is 2.33. The summed E-state index contributed by atoms with van der Waals surface area (Å²) in [5, 5.41) is 12.3. The Bertz CT molecular complexity index is 1110. The Kier molecular flexibility index (Phi) is 8.56. The number of H-pyrrole nitrogens is 1. The van der Waals surface area contributed by atoms with E-state index < -0.39 is 45.6 Å². The van der Waals surface area contributed by atoms with Crippen LogP contribution in [0.15, 0.2) is 41.4 Å². The van der Waals surface area contributed by atoms with Crippen LogP contribution in [0.1, 0.15) is 44.4 Å². The number of fused-ring (bicyclic) bond motifs is 1. The molecule has 2 amide bonds. The van der Waals surface area contributed by atoms with E-state index in [1.807, 2.05) is 0 Å². The summed E-state index contributed by atoms with van der Waals surface area (Å²) in [6.45, 7) is 3.75. The van der Waals surface area contributed by atoms with Gasteiger partial charge in [-0.3, -0.25) is 19.5 Å². The molecule has 2 atom stereocenters. The van der Waals surface area contributed by atoms with Gasteiger partial charge >= 0.3 is 0 Å². The minimum Gasteiger partial charge on any atom is -0.349 e. The summed E-state index contributed by atoms with van der Waals surface area (Å²) >= 11 is 0. The predicted octanol–water partition coefficient (Wildman–Crippen LogP) is 0.852. The van der Waals surface area contributed by atoms with Crippen LogP contribution >= 0.6 is 0 Å². The highest BCUT2D eigenvalue weighted by Crippen LogP contribution is 2.15. The van der Waals surface area contributed by atoms with E-state index in [-0.39, 0.29) is 11.3 Å². The second kappa shape index (κ2) is 11.4. The van der Waals surface area contributed by atoms with Crippen molar-refractivity contribution in [3.8, 4) is 0 Å². The van der Waals surface area contributed by atoms with E-state index in [4.69, 9.17) is 0 Å². The highest BCUT2D eigenvalue weighted by atomic mass is 32.2. The van der Waals surface area contributed by atoms with Crippen LogP contribution in [0.5, 0.6) is 0 Å². The van der Waals surface area contributed by atoms with Crippen LogP contribution in [0.3, 0.4) is 0 Å². The van der Waals surface area contributed by atoms with Crippen LogP contribution in [0.2, 0.25) is 0 Å². The molecule has 0 saturated heterocycles. The molecule has 0 aliphatic carbocycles. The van der Waals surface area contributed by atoms with E-state index in [0.29, 0.717) is 19.4 Å². The number of ketones is 1. The number of hydrogen-bond acceptors (Lipinski definition) is 6. The molecule has 4 N–H and O–H groups in total. The summed E-state index contributed by atoms with van der Waals surface area (Å²) in [5.41, 5.74) is 1.90. The number of aromatic nitrogens is 2. The maximum Gasteiger partial charge on any atom is 0.289 e. The fourth-order valence-electron chi connectivity index (χ4n) is 3.80. The van der Waals surface area contributed by atoms with Crippen molar-refractivity contribution in [2.75, 3.05) is 6.54 Å². The average Bonchev–Trinajstić information content (AvgIpc) is 3.26. The third-order valence-electron chi connectivity index (χ3n) is 5.79. The number of amides is 2. The van der Waals surface area contributed by atoms with Gasteiger partial charge in [-0.2, -0.15) is 9.82 Å². The van der Waals surface area contributed by atoms with Gasteiger partial charge in [-0.05, 0) is 55.7 Å². The lowest BCUT2D eigenvalue weighted by Gasteiger charge is -2.25. The lowest BCUT2D eigenvalue weighted by atomic mass is 9.98. The van der Waals surface area contributed by atoms with Gasteiger partial charge < -0.3 is 10.6 Å². The minimum absolute atomic E-state index is 0.0300. The van der Waals surface area contributed by atoms with Gasteiger partial charge in [0.15, 0.2) is 0 Å². The highest BCUT2D eigenvalue weighted by molar-refractivity contribution is 7.89. The van der Waals surface area contributed by atoms with Crippen molar-refractivity contribution in [3.05, 3.63) is 47.8 Å². The molecule has 1 aromatic carbocycles. The van der Waals surface area contributed by atoms with Gasteiger partial charge in [-0.25, -0.2) is 8.42 Å². The quantitative estimate of drug-likeness (QED) is 0.442. The van der Waals surface area contributed by atoms with Crippen LogP contribution in [0.25, 0.3) is 0 Å². The van der Waals surface area contributed by atoms with Crippen molar-refractivity contribution in [1.29, 1.82) is 0 Å². The largest absolute Gasteiger partial charge is 0.349 e. The number of carbonyl (C=O) groups excluding carboxylic acids is 3. The Hall–Kier alpha value is -3.05. The molecule has 10 nitrogen and oxygen atoms in total. The smallest absolute Gasteiger partial charge is 0.289 e. The van der Waals surface area contributed by atoms with Crippen LogP contribution in [0.4, 0.5) is 0 Å². The maximum atomic E-state index is 13.1. The Morgan fingerprint density at radius 1 is 1.12 bits per heavy atom. The van der Waals surface area contributed by atoms with Crippen molar-refractivity contribution in [2.24, 2.45) is 5.92 Å². The topological polar surface area (TPSA) is 150 Å². The molecule has 2 aromatic rings. The van der Waals surface area contributed by atoms with E-state index in [0.717, 1.165) is 24.1 Å². The summed E-state index contributed by atoms with van der Waals surface area (Å²) < 4.78 is 28.0. The number of benzene rings is 1. The van der Waals surface area contributed by atoms with Crippen molar-refractivity contribution in [1.82, 2.24) is 25.6 Å². The monoisotopic (exact) mass is 489 g/mol. The van der Waals surface area contributed by atoms with Crippen LogP contribution in [-0.4, -0.2) is 54.8 Å². The number of nitrogens with zero attached hydrogens (tertiary/aromatic N) is 1. The zero-order chi connectivity index (χ0) is 24.7. The predicted molar refractivity (Wildman–Crippen MR) is 125 cm³/mol. The Labute approximate surface area is 199 Å². The first kappa shape index (κ1) is 25.6. The Balaban J connectivity index is 1.79. The van der Waals surface area contributed by atoms with Crippen molar-refractivity contribution in [2.45, 2.75) is 62.9 Å². The zero-order valence-corrected chi connectivity index (χ0v) is 20.2. The lowest BCUT2D eigenvalue weighted by Crippen LogP contribution is -2.55. The first-order valence-electron chi connectivity index (χ1n) is 11.4. The fourth-order valence-corrected chi connectivity index (χ4v) is 5.17. The van der Waals surface area contributed by atoms with Gasteiger partial charge in [0.05, 0.1) is 17.1 Å². The third-order valence-corrected chi connectivity index (χ3v) is 7.25. The molecule has 184 valence electrons. The molecule has 1 aliphatic rings. The summed E-state index contributed by atoms with van der Waals surface area (Å²) in [7, 11) is -3.97.